The summed E-state index contributed by atoms with van der Waals surface area (Å²) in [7, 11) is 1.83. The minimum Gasteiger partial charge on any atom is -0.507 e. The number of phenolic OH excluding ortho intramolecular Hbond substituents is 1. The van der Waals surface area contributed by atoms with Gasteiger partial charge in [0.25, 0.3) is 0 Å². The molecule has 0 bridgehead atoms. The van der Waals surface area contributed by atoms with Gasteiger partial charge in [0.1, 0.15) is 18.0 Å². The van der Waals surface area contributed by atoms with Gasteiger partial charge >= 0.3 is 0 Å². The van der Waals surface area contributed by atoms with Gasteiger partial charge < -0.3 is 10.0 Å². The SMILES string of the molecule is CCC[C@]1(C)CC[C@H](F)[C@H](N(C)c2cnc(-c3ccc(-n4cc(C#N)nn4)cc3O)nn2)C1. The fraction of sp³-hybridized carbons (Fsp3) is 0.478. The van der Waals surface area contributed by atoms with Crippen LogP contribution in [0.2, 0.25) is 0 Å². The van der Waals surface area contributed by atoms with Crippen molar-refractivity contribution in [3.05, 3.63) is 36.3 Å². The van der Waals surface area contributed by atoms with Crippen molar-refractivity contribution in [2.24, 2.45) is 5.41 Å². The number of aromatic hydroxyl groups is 1. The molecule has 0 spiro atoms. The van der Waals surface area contributed by atoms with Crippen LogP contribution in [-0.2, 0) is 0 Å². The average Bonchev–Trinajstić information content (AvgIpc) is 3.30. The van der Waals surface area contributed by atoms with Crippen LogP contribution in [0.3, 0.4) is 0 Å². The predicted octanol–water partition coefficient (Wildman–Crippen LogP) is 3.83. The number of hydrogen-bond acceptors (Lipinski definition) is 8. The molecular formula is C23H27FN8O. The number of nitrogens with zero attached hydrogens (tertiary/aromatic N) is 8. The third kappa shape index (κ3) is 4.62. The van der Waals surface area contributed by atoms with E-state index in [0.717, 1.165) is 25.7 Å². The molecule has 1 fully saturated rings. The minimum atomic E-state index is -0.920. The Morgan fingerprint density at radius 1 is 1.33 bits per heavy atom. The Hall–Kier alpha value is -3.61. The number of hydrogen-bond donors (Lipinski definition) is 1. The number of rotatable bonds is 6. The number of aromatic nitrogens is 6. The molecule has 1 saturated carbocycles. The van der Waals surface area contributed by atoms with E-state index >= 15 is 0 Å². The molecule has 3 atom stereocenters. The maximum atomic E-state index is 14.8. The van der Waals surface area contributed by atoms with Gasteiger partial charge in [0.2, 0.25) is 0 Å². The van der Waals surface area contributed by atoms with E-state index in [2.05, 4.69) is 39.3 Å². The summed E-state index contributed by atoms with van der Waals surface area (Å²) in [5, 5.41) is 35.4. The number of anilines is 1. The highest BCUT2D eigenvalue weighted by Crippen LogP contribution is 2.42. The van der Waals surface area contributed by atoms with Gasteiger partial charge in [-0.15, -0.1) is 15.3 Å². The molecule has 1 aromatic carbocycles. The molecule has 2 heterocycles. The van der Waals surface area contributed by atoms with Crippen molar-refractivity contribution in [1.29, 1.82) is 5.26 Å². The molecule has 3 aromatic rings. The van der Waals surface area contributed by atoms with Crippen LogP contribution < -0.4 is 4.90 Å². The average molecular weight is 451 g/mol. The Kier molecular flexibility index (Phi) is 6.22. The Morgan fingerprint density at radius 3 is 2.79 bits per heavy atom. The van der Waals surface area contributed by atoms with Gasteiger partial charge in [-0.2, -0.15) is 5.26 Å². The molecule has 0 saturated heterocycles. The lowest BCUT2D eigenvalue weighted by Crippen LogP contribution is -2.47. The van der Waals surface area contributed by atoms with Gasteiger partial charge in [-0.1, -0.05) is 25.5 Å². The van der Waals surface area contributed by atoms with Gasteiger partial charge in [-0.25, -0.2) is 14.1 Å². The summed E-state index contributed by atoms with van der Waals surface area (Å²) in [4.78, 5) is 6.20. The molecule has 0 aliphatic heterocycles. The highest BCUT2D eigenvalue weighted by molar-refractivity contribution is 5.66. The summed E-state index contributed by atoms with van der Waals surface area (Å²) in [6, 6.07) is 6.47. The standard InChI is InChI=1S/C23H27FN8O/c1-4-8-23(2)9-7-18(24)19(11-23)31(3)21-13-26-22(29-28-21)17-6-5-16(10-20(17)33)32-14-15(12-25)27-30-32/h5-6,10,13-14,18-19,33H,4,7-9,11H2,1-3H3/t18-,19+,23+/m0/s1. The molecule has 0 amide bonds. The number of halogens is 1. The monoisotopic (exact) mass is 450 g/mol. The molecule has 1 N–H and O–H groups in total. The highest BCUT2D eigenvalue weighted by Gasteiger charge is 2.39. The predicted molar refractivity (Wildman–Crippen MR) is 121 cm³/mol. The van der Waals surface area contributed by atoms with Crippen LogP contribution in [0.15, 0.2) is 30.6 Å². The summed E-state index contributed by atoms with van der Waals surface area (Å²) in [5.41, 5.74) is 1.24. The molecule has 2 aromatic heterocycles. The lowest BCUT2D eigenvalue weighted by molar-refractivity contribution is 0.102. The smallest absolute Gasteiger partial charge is 0.185 e. The van der Waals surface area contributed by atoms with Gasteiger partial charge in [-0.05, 0) is 43.2 Å². The van der Waals surface area contributed by atoms with E-state index < -0.39 is 6.17 Å². The molecule has 33 heavy (non-hydrogen) atoms. The first kappa shape index (κ1) is 22.6. The van der Waals surface area contributed by atoms with Crippen molar-refractivity contribution in [3.63, 3.8) is 0 Å². The molecule has 0 radical (unpaired) electrons. The van der Waals surface area contributed by atoms with E-state index in [1.807, 2.05) is 18.0 Å². The van der Waals surface area contributed by atoms with Crippen LogP contribution in [0.4, 0.5) is 10.2 Å². The number of nitriles is 1. The van der Waals surface area contributed by atoms with Gasteiger partial charge in [0.15, 0.2) is 17.3 Å². The summed E-state index contributed by atoms with van der Waals surface area (Å²) >= 11 is 0. The second-order valence-electron chi connectivity index (χ2n) is 9.00. The van der Waals surface area contributed by atoms with Crippen molar-refractivity contribution in [2.75, 3.05) is 11.9 Å². The number of benzene rings is 1. The van der Waals surface area contributed by atoms with E-state index in [4.69, 9.17) is 5.26 Å². The molecule has 9 nitrogen and oxygen atoms in total. The van der Waals surface area contributed by atoms with E-state index in [0.29, 0.717) is 23.5 Å². The van der Waals surface area contributed by atoms with Gasteiger partial charge in [0, 0.05) is 13.1 Å². The number of alkyl halides is 1. The Balaban J connectivity index is 1.52. The van der Waals surface area contributed by atoms with Crippen LogP contribution in [-0.4, -0.2) is 54.5 Å². The van der Waals surface area contributed by atoms with E-state index in [1.54, 1.807) is 18.3 Å². The summed E-state index contributed by atoms with van der Waals surface area (Å²) < 4.78 is 16.2. The van der Waals surface area contributed by atoms with Crippen LogP contribution >= 0.6 is 0 Å². The van der Waals surface area contributed by atoms with Crippen LogP contribution in [0.5, 0.6) is 5.75 Å². The Morgan fingerprint density at radius 2 is 2.15 bits per heavy atom. The molecule has 1 aliphatic rings. The molecule has 172 valence electrons. The topological polar surface area (TPSA) is 117 Å². The molecular weight excluding hydrogens is 423 g/mol. The summed E-state index contributed by atoms with van der Waals surface area (Å²) in [6.07, 6.45) is 6.48. The fourth-order valence-corrected chi connectivity index (χ4v) is 4.64. The molecule has 10 heteroatoms. The zero-order valence-electron chi connectivity index (χ0n) is 19.0. The van der Waals surface area contributed by atoms with E-state index in [-0.39, 0.29) is 28.7 Å². The quantitative estimate of drug-likeness (QED) is 0.602. The zero-order chi connectivity index (χ0) is 23.6. The molecule has 4 rings (SSSR count). The summed E-state index contributed by atoms with van der Waals surface area (Å²) in [6.45, 7) is 4.40. The summed E-state index contributed by atoms with van der Waals surface area (Å²) in [5.74, 6) is 0.689. The first-order chi connectivity index (χ1) is 15.8. The second-order valence-corrected chi connectivity index (χ2v) is 9.00. The van der Waals surface area contributed by atoms with E-state index in [1.165, 1.54) is 16.9 Å². The first-order valence-electron chi connectivity index (χ1n) is 11.1. The molecule has 1 aliphatic carbocycles. The maximum Gasteiger partial charge on any atom is 0.185 e. The second kappa shape index (κ2) is 9.10. The lowest BCUT2D eigenvalue weighted by Gasteiger charge is -2.43. The van der Waals surface area contributed by atoms with Crippen molar-refractivity contribution in [2.45, 2.75) is 58.2 Å². The fourth-order valence-electron chi connectivity index (χ4n) is 4.64. The Bertz CT molecular complexity index is 1160. The zero-order valence-corrected chi connectivity index (χ0v) is 19.0. The number of phenols is 1. The van der Waals surface area contributed by atoms with Gasteiger partial charge in [0.05, 0.1) is 29.7 Å². The van der Waals surface area contributed by atoms with Crippen LogP contribution in [0, 0.1) is 16.7 Å². The van der Waals surface area contributed by atoms with Crippen LogP contribution in [0.1, 0.15) is 51.6 Å². The minimum absolute atomic E-state index is 0.0594. The van der Waals surface area contributed by atoms with Crippen molar-refractivity contribution in [3.8, 4) is 28.9 Å². The van der Waals surface area contributed by atoms with Crippen LogP contribution in [0.25, 0.3) is 17.1 Å². The third-order valence-corrected chi connectivity index (χ3v) is 6.50. The third-order valence-electron chi connectivity index (χ3n) is 6.50. The first-order valence-corrected chi connectivity index (χ1v) is 11.1. The van der Waals surface area contributed by atoms with Crippen molar-refractivity contribution in [1.82, 2.24) is 30.2 Å². The van der Waals surface area contributed by atoms with Crippen molar-refractivity contribution < 1.29 is 9.50 Å². The lowest BCUT2D eigenvalue weighted by atomic mass is 9.70. The maximum absolute atomic E-state index is 14.8. The normalized spacial score (nSPS) is 22.6. The van der Waals surface area contributed by atoms with E-state index in [9.17, 15) is 9.50 Å². The molecule has 0 unspecified atom stereocenters. The Labute approximate surface area is 191 Å². The van der Waals surface area contributed by atoms with Gasteiger partial charge in [-0.3, -0.25) is 0 Å². The highest BCUT2D eigenvalue weighted by atomic mass is 19.1. The largest absolute Gasteiger partial charge is 0.507 e. The van der Waals surface area contributed by atoms with Crippen molar-refractivity contribution >= 4 is 5.82 Å².